The smallest absolute Gasteiger partial charge is 0.299 e. The maximum Gasteiger partial charge on any atom is 0.299 e. The molecule has 0 aliphatic carbocycles. The fraction of sp³-hybridized carbons (Fsp3) is 0.250. The van der Waals surface area contributed by atoms with Crippen molar-refractivity contribution in [3.63, 3.8) is 0 Å². The van der Waals surface area contributed by atoms with E-state index in [1.807, 2.05) is 0 Å². The lowest BCUT2D eigenvalue weighted by molar-refractivity contribution is -0.384. The molecule has 1 rings (SSSR count). The van der Waals surface area contributed by atoms with Crippen LogP contribution in [0, 0.1) is 10.1 Å². The molecule has 0 atom stereocenters. The van der Waals surface area contributed by atoms with Crippen LogP contribution in [-0.2, 0) is 6.67 Å². The van der Waals surface area contributed by atoms with Gasteiger partial charge in [-0.3, -0.25) is 10.1 Å². The van der Waals surface area contributed by atoms with E-state index >= 15 is 0 Å². The maximum atomic E-state index is 12.6. The summed E-state index contributed by atoms with van der Waals surface area (Å²) in [6, 6.07) is 3.11. The van der Waals surface area contributed by atoms with Gasteiger partial charge >= 0.3 is 0 Å². The third-order valence-electron chi connectivity index (χ3n) is 1.81. The van der Waals surface area contributed by atoms with E-state index < -0.39 is 11.6 Å². The molecule has 14 heavy (non-hydrogen) atoms. The van der Waals surface area contributed by atoms with Crippen LogP contribution < -0.4 is 5.32 Å². The van der Waals surface area contributed by atoms with Crippen molar-refractivity contribution in [3.8, 4) is 0 Å². The van der Waals surface area contributed by atoms with Gasteiger partial charge in [-0.25, -0.2) is 4.39 Å². The van der Waals surface area contributed by atoms with Crippen LogP contribution in [-0.4, -0.2) is 12.0 Å². The SMILES string of the molecule is CNc1ccc(Br)c(CF)c1[N+](=O)[O-]. The second kappa shape index (κ2) is 4.36. The van der Waals surface area contributed by atoms with E-state index in [4.69, 9.17) is 0 Å². The van der Waals surface area contributed by atoms with E-state index in [0.717, 1.165) is 0 Å². The summed E-state index contributed by atoms with van der Waals surface area (Å²) in [6.07, 6.45) is 0. The zero-order chi connectivity index (χ0) is 10.7. The lowest BCUT2D eigenvalue weighted by atomic mass is 10.1. The molecule has 1 aromatic rings. The normalized spacial score (nSPS) is 9.93. The highest BCUT2D eigenvalue weighted by molar-refractivity contribution is 9.10. The van der Waals surface area contributed by atoms with Crippen molar-refractivity contribution in [2.45, 2.75) is 6.67 Å². The Hall–Kier alpha value is -1.17. The summed E-state index contributed by atoms with van der Waals surface area (Å²) < 4.78 is 13.0. The number of nitro groups is 1. The van der Waals surface area contributed by atoms with Crippen molar-refractivity contribution in [1.29, 1.82) is 0 Å². The third-order valence-corrected chi connectivity index (χ3v) is 2.55. The Morgan fingerprint density at radius 1 is 1.64 bits per heavy atom. The topological polar surface area (TPSA) is 55.2 Å². The number of halogens is 2. The van der Waals surface area contributed by atoms with Crippen LogP contribution in [0.2, 0.25) is 0 Å². The van der Waals surface area contributed by atoms with Crippen molar-refractivity contribution in [2.75, 3.05) is 12.4 Å². The molecule has 4 nitrogen and oxygen atoms in total. The van der Waals surface area contributed by atoms with Crippen LogP contribution in [0.5, 0.6) is 0 Å². The van der Waals surface area contributed by atoms with Crippen LogP contribution >= 0.6 is 15.9 Å². The number of hydrogen-bond donors (Lipinski definition) is 1. The Morgan fingerprint density at radius 2 is 2.29 bits per heavy atom. The Labute approximate surface area is 88.4 Å². The minimum absolute atomic E-state index is 0.0573. The zero-order valence-corrected chi connectivity index (χ0v) is 8.97. The van der Waals surface area contributed by atoms with Crippen LogP contribution in [0.1, 0.15) is 5.56 Å². The standard InChI is InChI=1S/C8H8BrFN2O2/c1-11-7-3-2-6(9)5(4-10)8(7)12(13)14/h2-3,11H,4H2,1H3. The Morgan fingerprint density at radius 3 is 2.71 bits per heavy atom. The highest BCUT2D eigenvalue weighted by Gasteiger charge is 2.21. The first kappa shape index (κ1) is 10.9. The van der Waals surface area contributed by atoms with Crippen molar-refractivity contribution in [3.05, 3.63) is 32.3 Å². The minimum atomic E-state index is -0.869. The minimum Gasteiger partial charge on any atom is -0.383 e. The Bertz CT molecular complexity index is 371. The molecule has 1 N–H and O–H groups in total. The van der Waals surface area contributed by atoms with E-state index in [1.165, 1.54) is 6.07 Å². The summed E-state index contributed by atoms with van der Waals surface area (Å²) in [6.45, 7) is -0.869. The summed E-state index contributed by atoms with van der Waals surface area (Å²) >= 11 is 3.07. The Balaban J connectivity index is 3.43. The van der Waals surface area contributed by atoms with Gasteiger partial charge in [-0.15, -0.1) is 0 Å². The first-order valence-electron chi connectivity index (χ1n) is 3.81. The molecule has 0 saturated carbocycles. The van der Waals surface area contributed by atoms with Crippen LogP contribution in [0.4, 0.5) is 15.8 Å². The molecule has 0 fully saturated rings. The molecule has 0 heterocycles. The largest absolute Gasteiger partial charge is 0.383 e. The van der Waals surface area contributed by atoms with Gasteiger partial charge in [-0.2, -0.15) is 0 Å². The molecule has 0 radical (unpaired) electrons. The second-order valence-electron chi connectivity index (χ2n) is 2.56. The van der Waals surface area contributed by atoms with Gasteiger partial charge < -0.3 is 5.32 Å². The summed E-state index contributed by atoms with van der Waals surface area (Å²) in [5.74, 6) is 0. The average Bonchev–Trinajstić information content (AvgIpc) is 2.17. The number of rotatable bonds is 3. The summed E-state index contributed by atoms with van der Waals surface area (Å²) in [5, 5.41) is 13.3. The average molecular weight is 263 g/mol. The predicted molar refractivity (Wildman–Crippen MR) is 55.2 cm³/mol. The monoisotopic (exact) mass is 262 g/mol. The summed E-state index contributed by atoms with van der Waals surface area (Å²) in [5.41, 5.74) is 0.150. The number of anilines is 1. The van der Waals surface area contributed by atoms with Gasteiger partial charge in [0.05, 0.1) is 10.5 Å². The fourth-order valence-corrected chi connectivity index (χ4v) is 1.58. The van der Waals surface area contributed by atoms with Gasteiger partial charge in [0.1, 0.15) is 12.4 Å². The van der Waals surface area contributed by atoms with Crippen molar-refractivity contribution in [2.24, 2.45) is 0 Å². The lowest BCUT2D eigenvalue weighted by Crippen LogP contribution is -2.00. The Kier molecular flexibility index (Phi) is 3.40. The summed E-state index contributed by atoms with van der Waals surface area (Å²) in [7, 11) is 1.55. The quantitative estimate of drug-likeness (QED) is 0.673. The van der Waals surface area contributed by atoms with Crippen LogP contribution in [0.25, 0.3) is 0 Å². The number of alkyl halides is 1. The molecular formula is C8H8BrFN2O2. The van der Waals surface area contributed by atoms with Gasteiger partial charge in [0.25, 0.3) is 5.69 Å². The first-order valence-corrected chi connectivity index (χ1v) is 4.60. The van der Waals surface area contributed by atoms with Gasteiger partial charge in [-0.1, -0.05) is 15.9 Å². The molecule has 0 amide bonds. The van der Waals surface area contributed by atoms with Gasteiger partial charge in [0, 0.05) is 11.5 Å². The molecule has 0 aliphatic rings. The number of hydrogen-bond acceptors (Lipinski definition) is 3. The maximum absolute atomic E-state index is 12.6. The first-order chi connectivity index (χ1) is 6.61. The zero-order valence-electron chi connectivity index (χ0n) is 7.38. The fourth-order valence-electron chi connectivity index (χ4n) is 1.15. The lowest BCUT2D eigenvalue weighted by Gasteiger charge is -2.06. The van der Waals surface area contributed by atoms with Crippen LogP contribution in [0.15, 0.2) is 16.6 Å². The van der Waals surface area contributed by atoms with Gasteiger partial charge in [0.2, 0.25) is 0 Å². The van der Waals surface area contributed by atoms with Crippen molar-refractivity contribution < 1.29 is 9.31 Å². The van der Waals surface area contributed by atoms with E-state index in [2.05, 4.69) is 21.2 Å². The van der Waals surface area contributed by atoms with E-state index in [-0.39, 0.29) is 11.3 Å². The molecule has 0 aliphatic heterocycles. The van der Waals surface area contributed by atoms with E-state index in [0.29, 0.717) is 10.2 Å². The second-order valence-corrected chi connectivity index (χ2v) is 3.42. The summed E-state index contributed by atoms with van der Waals surface area (Å²) in [4.78, 5) is 10.1. The molecule has 76 valence electrons. The molecule has 0 spiro atoms. The molecule has 0 unspecified atom stereocenters. The predicted octanol–water partition coefficient (Wildman–Crippen LogP) is 2.87. The highest BCUT2D eigenvalue weighted by Crippen LogP contribution is 2.34. The van der Waals surface area contributed by atoms with E-state index in [9.17, 15) is 14.5 Å². The van der Waals surface area contributed by atoms with Crippen molar-refractivity contribution in [1.82, 2.24) is 0 Å². The number of nitro benzene ring substituents is 1. The molecule has 1 aromatic carbocycles. The molecule has 0 aromatic heterocycles. The molecule has 0 saturated heterocycles. The third kappa shape index (κ3) is 1.84. The molecular weight excluding hydrogens is 255 g/mol. The van der Waals surface area contributed by atoms with Gasteiger partial charge in [0.15, 0.2) is 0 Å². The highest BCUT2D eigenvalue weighted by atomic mass is 79.9. The number of benzene rings is 1. The number of nitrogens with one attached hydrogen (secondary N) is 1. The molecule has 0 bridgehead atoms. The number of nitrogens with zero attached hydrogens (tertiary/aromatic N) is 1. The van der Waals surface area contributed by atoms with Crippen LogP contribution in [0.3, 0.4) is 0 Å². The van der Waals surface area contributed by atoms with Crippen molar-refractivity contribution >= 4 is 27.3 Å². The van der Waals surface area contributed by atoms with E-state index in [1.54, 1.807) is 13.1 Å². The molecule has 6 heteroatoms. The van der Waals surface area contributed by atoms with Gasteiger partial charge in [-0.05, 0) is 12.1 Å².